The molecule has 1 aromatic carbocycles. The van der Waals surface area contributed by atoms with E-state index in [1.165, 1.54) is 30.5 Å². The van der Waals surface area contributed by atoms with Gasteiger partial charge in [0.15, 0.2) is 0 Å². The zero-order valence-electron chi connectivity index (χ0n) is 13.5. The van der Waals surface area contributed by atoms with Gasteiger partial charge in [-0.3, -0.25) is 0 Å². The molecule has 1 atom stereocenters. The average molecular weight is 293 g/mol. The first-order chi connectivity index (χ1) is 9.92. The highest BCUT2D eigenvalue weighted by molar-refractivity contribution is 5.16. The topological polar surface area (TPSA) is 21.3 Å². The molecule has 1 aliphatic rings. The Kier molecular flexibility index (Phi) is 5.77. The fourth-order valence-corrected chi connectivity index (χ4v) is 2.28. The van der Waals surface area contributed by atoms with Gasteiger partial charge in [0.2, 0.25) is 0 Å². The monoisotopic (exact) mass is 293 g/mol. The summed E-state index contributed by atoms with van der Waals surface area (Å²) in [5.74, 6) is 1.05. The summed E-state index contributed by atoms with van der Waals surface area (Å²) in [6.45, 7) is 9.12. The highest BCUT2D eigenvalue weighted by Gasteiger charge is 2.22. The van der Waals surface area contributed by atoms with E-state index in [9.17, 15) is 4.39 Å². The minimum absolute atomic E-state index is 0.109. The Bertz CT molecular complexity index is 420. The van der Waals surface area contributed by atoms with Gasteiger partial charge in [-0.1, -0.05) is 12.1 Å². The SMILES string of the molecule is CC(C)(C)NCC(COCC1CC1)Cc1ccc(F)cc1. The first-order valence-electron chi connectivity index (χ1n) is 7.99. The van der Waals surface area contributed by atoms with Gasteiger partial charge in [-0.05, 0) is 69.6 Å². The normalized spacial score (nSPS) is 17.0. The van der Waals surface area contributed by atoms with Crippen molar-refractivity contribution in [3.05, 3.63) is 35.6 Å². The van der Waals surface area contributed by atoms with Crippen LogP contribution in [0.15, 0.2) is 24.3 Å². The summed E-state index contributed by atoms with van der Waals surface area (Å²) in [6, 6.07) is 6.82. The molecule has 1 saturated carbocycles. The van der Waals surface area contributed by atoms with E-state index in [2.05, 4.69) is 26.1 Å². The number of nitrogens with one attached hydrogen (secondary N) is 1. The maximum absolute atomic E-state index is 13.0. The molecule has 3 heteroatoms. The Morgan fingerprint density at radius 1 is 1.24 bits per heavy atom. The zero-order valence-corrected chi connectivity index (χ0v) is 13.5. The van der Waals surface area contributed by atoms with Crippen LogP contribution in [0.25, 0.3) is 0 Å². The molecule has 1 aromatic rings. The van der Waals surface area contributed by atoms with Crippen LogP contribution in [0.1, 0.15) is 39.2 Å². The van der Waals surface area contributed by atoms with E-state index < -0.39 is 0 Å². The zero-order chi connectivity index (χ0) is 15.3. The van der Waals surface area contributed by atoms with E-state index in [1.807, 2.05) is 12.1 Å². The van der Waals surface area contributed by atoms with Crippen molar-refractivity contribution in [1.29, 1.82) is 0 Å². The van der Waals surface area contributed by atoms with Crippen LogP contribution in [0.2, 0.25) is 0 Å². The van der Waals surface area contributed by atoms with E-state index in [4.69, 9.17) is 4.74 Å². The van der Waals surface area contributed by atoms with Crippen LogP contribution in [0, 0.1) is 17.7 Å². The largest absolute Gasteiger partial charge is 0.381 e. The van der Waals surface area contributed by atoms with E-state index in [0.717, 1.165) is 32.1 Å². The number of halogens is 1. The molecule has 0 radical (unpaired) electrons. The minimum Gasteiger partial charge on any atom is -0.381 e. The van der Waals surface area contributed by atoms with Gasteiger partial charge < -0.3 is 10.1 Å². The third-order valence-corrected chi connectivity index (χ3v) is 3.76. The highest BCUT2D eigenvalue weighted by Crippen LogP contribution is 2.29. The third-order valence-electron chi connectivity index (χ3n) is 3.76. The lowest BCUT2D eigenvalue weighted by Gasteiger charge is -2.25. The van der Waals surface area contributed by atoms with Crippen LogP contribution in [-0.2, 0) is 11.2 Å². The molecule has 0 heterocycles. The van der Waals surface area contributed by atoms with Crippen molar-refractivity contribution in [3.8, 4) is 0 Å². The van der Waals surface area contributed by atoms with Crippen LogP contribution < -0.4 is 5.32 Å². The Labute approximate surface area is 128 Å². The summed E-state index contributed by atoms with van der Waals surface area (Å²) in [6.07, 6.45) is 3.57. The molecule has 1 aliphatic carbocycles. The van der Waals surface area contributed by atoms with Gasteiger partial charge in [-0.25, -0.2) is 4.39 Å². The van der Waals surface area contributed by atoms with Crippen LogP contribution in [0.3, 0.4) is 0 Å². The molecule has 0 amide bonds. The second-order valence-electron chi connectivity index (χ2n) is 7.31. The number of hydrogen-bond donors (Lipinski definition) is 1. The lowest BCUT2D eigenvalue weighted by atomic mass is 9.98. The molecule has 0 spiro atoms. The predicted molar refractivity (Wildman–Crippen MR) is 84.9 cm³/mol. The molecule has 0 saturated heterocycles. The number of rotatable bonds is 8. The van der Waals surface area contributed by atoms with Gasteiger partial charge >= 0.3 is 0 Å². The van der Waals surface area contributed by atoms with Crippen LogP contribution in [-0.4, -0.2) is 25.3 Å². The summed E-state index contributed by atoms with van der Waals surface area (Å²) in [7, 11) is 0. The Hall–Kier alpha value is -0.930. The minimum atomic E-state index is -0.173. The maximum Gasteiger partial charge on any atom is 0.123 e. The van der Waals surface area contributed by atoms with Gasteiger partial charge in [0.25, 0.3) is 0 Å². The quantitative estimate of drug-likeness (QED) is 0.787. The first kappa shape index (κ1) is 16.4. The fraction of sp³-hybridized carbons (Fsp3) is 0.667. The van der Waals surface area contributed by atoms with Gasteiger partial charge in [0, 0.05) is 18.7 Å². The molecule has 0 bridgehead atoms. The standard InChI is InChI=1S/C18H28FNO/c1-18(2,3)20-11-16(13-21-12-15-4-5-15)10-14-6-8-17(19)9-7-14/h6-9,15-16,20H,4-5,10-13H2,1-3H3. The summed E-state index contributed by atoms with van der Waals surface area (Å²) in [5, 5.41) is 3.55. The smallest absolute Gasteiger partial charge is 0.123 e. The van der Waals surface area contributed by atoms with Crippen molar-refractivity contribution in [2.24, 2.45) is 11.8 Å². The lowest BCUT2D eigenvalue weighted by molar-refractivity contribution is 0.0885. The van der Waals surface area contributed by atoms with E-state index >= 15 is 0 Å². The van der Waals surface area contributed by atoms with E-state index in [0.29, 0.717) is 5.92 Å². The Morgan fingerprint density at radius 3 is 2.48 bits per heavy atom. The predicted octanol–water partition coefficient (Wildman–Crippen LogP) is 3.80. The maximum atomic E-state index is 13.0. The molecule has 0 aromatic heterocycles. The number of hydrogen-bond acceptors (Lipinski definition) is 2. The molecule has 2 rings (SSSR count). The van der Waals surface area contributed by atoms with Gasteiger partial charge in [0.1, 0.15) is 5.82 Å². The molecule has 118 valence electrons. The van der Waals surface area contributed by atoms with Crippen molar-refractivity contribution < 1.29 is 9.13 Å². The van der Waals surface area contributed by atoms with Crippen molar-refractivity contribution >= 4 is 0 Å². The van der Waals surface area contributed by atoms with Crippen molar-refractivity contribution in [3.63, 3.8) is 0 Å². The molecule has 0 aliphatic heterocycles. The van der Waals surface area contributed by atoms with Gasteiger partial charge in [-0.15, -0.1) is 0 Å². The van der Waals surface area contributed by atoms with E-state index in [-0.39, 0.29) is 11.4 Å². The molecule has 1 fully saturated rings. The summed E-state index contributed by atoms with van der Waals surface area (Å²) >= 11 is 0. The van der Waals surface area contributed by atoms with Crippen molar-refractivity contribution in [2.75, 3.05) is 19.8 Å². The Balaban J connectivity index is 1.84. The highest BCUT2D eigenvalue weighted by atomic mass is 19.1. The fourth-order valence-electron chi connectivity index (χ4n) is 2.28. The summed E-state index contributed by atoms with van der Waals surface area (Å²) in [5.41, 5.74) is 1.28. The van der Waals surface area contributed by atoms with Gasteiger partial charge in [0.05, 0.1) is 6.61 Å². The second-order valence-corrected chi connectivity index (χ2v) is 7.31. The summed E-state index contributed by atoms with van der Waals surface area (Å²) in [4.78, 5) is 0. The van der Waals surface area contributed by atoms with Crippen molar-refractivity contribution in [1.82, 2.24) is 5.32 Å². The second kappa shape index (κ2) is 7.37. The molecule has 21 heavy (non-hydrogen) atoms. The molecular weight excluding hydrogens is 265 g/mol. The van der Waals surface area contributed by atoms with Crippen LogP contribution in [0.5, 0.6) is 0 Å². The molecule has 1 N–H and O–H groups in total. The summed E-state index contributed by atoms with van der Waals surface area (Å²) < 4.78 is 18.9. The molecule has 2 nitrogen and oxygen atoms in total. The lowest BCUT2D eigenvalue weighted by Crippen LogP contribution is -2.40. The number of benzene rings is 1. The molecule has 1 unspecified atom stereocenters. The Morgan fingerprint density at radius 2 is 1.90 bits per heavy atom. The third kappa shape index (κ3) is 7.05. The average Bonchev–Trinajstić information content (AvgIpc) is 3.21. The van der Waals surface area contributed by atoms with Gasteiger partial charge in [-0.2, -0.15) is 0 Å². The molecular formula is C18H28FNO. The van der Waals surface area contributed by atoms with Crippen molar-refractivity contribution in [2.45, 2.75) is 45.6 Å². The van der Waals surface area contributed by atoms with Crippen LogP contribution in [0.4, 0.5) is 4.39 Å². The number of ether oxygens (including phenoxy) is 1. The van der Waals surface area contributed by atoms with E-state index in [1.54, 1.807) is 0 Å². The first-order valence-corrected chi connectivity index (χ1v) is 7.99. The van der Waals surface area contributed by atoms with Crippen LogP contribution >= 0.6 is 0 Å².